The minimum absolute atomic E-state index is 0.204. The van der Waals surface area contributed by atoms with Crippen LogP contribution in [0, 0.1) is 17.8 Å². The minimum Gasteiger partial charge on any atom is -0.266 e. The number of nitrogens with zero attached hydrogens (tertiary/aromatic N) is 2. The molecular weight excluding hydrogens is 532 g/mol. The second-order valence-electron chi connectivity index (χ2n) is 11.9. The molecule has 1 aliphatic heterocycles. The Labute approximate surface area is 258 Å². The molecule has 2 atom stereocenters. The highest BCUT2D eigenvalue weighted by Crippen LogP contribution is 2.41. The molecule has 0 fully saturated rings. The highest BCUT2D eigenvalue weighted by atomic mass is 15.0. The van der Waals surface area contributed by atoms with Crippen LogP contribution in [0.5, 0.6) is 0 Å². The summed E-state index contributed by atoms with van der Waals surface area (Å²) < 4.78 is 0. The second-order valence-corrected chi connectivity index (χ2v) is 11.9. The molecule has 0 aromatic heterocycles. The summed E-state index contributed by atoms with van der Waals surface area (Å²) in [7, 11) is 0. The van der Waals surface area contributed by atoms with Crippen molar-refractivity contribution in [2.24, 2.45) is 15.9 Å². The lowest BCUT2D eigenvalue weighted by Gasteiger charge is -2.22. The Morgan fingerprint density at radius 1 is 0.614 bits per heavy atom. The standard InChI is InChI=1S/C42H32N2/c1-28-12-9-21-33(30-15-10-16-31(26-30)40-22-11-25-43-42(44-40)29-13-3-2-4-14-29)41(28)32-23-24-38-36-19-6-5-17-34(36)35-18-7-8-20-37(35)39(38)27-32/h2-8,10,13-20,23-28,42H,11-12,22H2,1H3. The van der Waals surface area contributed by atoms with Gasteiger partial charge >= 0.3 is 0 Å². The van der Waals surface area contributed by atoms with Crippen molar-refractivity contribution < 1.29 is 0 Å². The van der Waals surface area contributed by atoms with Crippen LogP contribution in [0.2, 0.25) is 0 Å². The van der Waals surface area contributed by atoms with Gasteiger partial charge in [0.15, 0.2) is 6.17 Å². The first-order chi connectivity index (χ1) is 21.7. The molecule has 2 unspecified atom stereocenters. The van der Waals surface area contributed by atoms with Crippen molar-refractivity contribution in [2.45, 2.75) is 32.4 Å². The molecule has 6 aromatic rings. The summed E-state index contributed by atoms with van der Waals surface area (Å²) in [6, 6.07) is 43.8. The van der Waals surface area contributed by atoms with Crippen molar-refractivity contribution in [3.05, 3.63) is 144 Å². The Morgan fingerprint density at radius 3 is 2.02 bits per heavy atom. The van der Waals surface area contributed by atoms with Crippen molar-refractivity contribution >= 4 is 55.4 Å². The first-order valence-electron chi connectivity index (χ1n) is 15.6. The van der Waals surface area contributed by atoms with Gasteiger partial charge in [-0.15, -0.1) is 0 Å². The van der Waals surface area contributed by atoms with Crippen LogP contribution in [0.15, 0.2) is 131 Å². The van der Waals surface area contributed by atoms with Gasteiger partial charge in [0.05, 0.1) is 0 Å². The van der Waals surface area contributed by atoms with E-state index in [1.165, 1.54) is 43.5 Å². The molecule has 2 heteroatoms. The SMILES string of the molecule is CC1CC#CC(c2cccc(C3=NC(c4ccccc4)N=CCC3)c2)=C1c1ccc2c3ccccc3c3ccccc3c2c1. The largest absolute Gasteiger partial charge is 0.266 e. The van der Waals surface area contributed by atoms with Crippen LogP contribution >= 0.6 is 0 Å². The number of hydrogen-bond acceptors (Lipinski definition) is 2. The lowest BCUT2D eigenvalue weighted by molar-refractivity contribution is 0.779. The molecular formula is C42H32N2. The zero-order valence-electron chi connectivity index (χ0n) is 24.8. The van der Waals surface area contributed by atoms with E-state index in [0.29, 0.717) is 5.92 Å². The number of benzene rings is 6. The lowest BCUT2D eigenvalue weighted by Crippen LogP contribution is -2.07. The van der Waals surface area contributed by atoms with Gasteiger partial charge in [-0.25, -0.2) is 0 Å². The molecule has 210 valence electrons. The number of hydrogen-bond donors (Lipinski definition) is 0. The fourth-order valence-electron chi connectivity index (χ4n) is 6.92. The van der Waals surface area contributed by atoms with Crippen molar-refractivity contribution in [3.8, 4) is 11.8 Å². The summed E-state index contributed by atoms with van der Waals surface area (Å²) in [5.41, 5.74) is 8.23. The van der Waals surface area contributed by atoms with Gasteiger partial charge in [-0.3, -0.25) is 9.98 Å². The van der Waals surface area contributed by atoms with Gasteiger partial charge in [-0.05, 0) is 91.0 Å². The molecule has 0 N–H and O–H groups in total. The number of allylic oxidation sites excluding steroid dienone is 2. The molecule has 2 nitrogen and oxygen atoms in total. The van der Waals surface area contributed by atoms with E-state index in [1.54, 1.807) is 0 Å². The third-order valence-corrected chi connectivity index (χ3v) is 9.06. The van der Waals surface area contributed by atoms with Crippen LogP contribution in [-0.2, 0) is 0 Å². The van der Waals surface area contributed by atoms with Crippen LogP contribution in [-0.4, -0.2) is 11.9 Å². The number of fused-ring (bicyclic) bond motifs is 6. The average Bonchev–Trinajstić information content (AvgIpc) is 3.35. The fourth-order valence-corrected chi connectivity index (χ4v) is 6.92. The first kappa shape index (κ1) is 26.4. The van der Waals surface area contributed by atoms with Gasteiger partial charge in [0, 0.05) is 23.9 Å². The predicted molar refractivity (Wildman–Crippen MR) is 187 cm³/mol. The maximum atomic E-state index is 5.15. The van der Waals surface area contributed by atoms with E-state index in [9.17, 15) is 0 Å². The summed E-state index contributed by atoms with van der Waals surface area (Å²) in [5, 5.41) is 7.79. The quantitative estimate of drug-likeness (QED) is 0.150. The highest BCUT2D eigenvalue weighted by molar-refractivity contribution is 6.25. The lowest BCUT2D eigenvalue weighted by atomic mass is 9.81. The molecule has 0 radical (unpaired) electrons. The molecule has 1 aliphatic carbocycles. The van der Waals surface area contributed by atoms with E-state index in [1.807, 2.05) is 12.3 Å². The van der Waals surface area contributed by atoms with Crippen LogP contribution in [0.25, 0.3) is 43.5 Å². The maximum Gasteiger partial charge on any atom is 0.164 e. The Balaban J connectivity index is 1.27. The van der Waals surface area contributed by atoms with Crippen LogP contribution in [0.4, 0.5) is 0 Å². The van der Waals surface area contributed by atoms with Gasteiger partial charge < -0.3 is 0 Å². The van der Waals surface area contributed by atoms with Crippen LogP contribution in [0.1, 0.15) is 54.6 Å². The molecule has 1 heterocycles. The fraction of sp³-hybridized carbons (Fsp3) is 0.143. The summed E-state index contributed by atoms with van der Waals surface area (Å²) in [4.78, 5) is 9.91. The number of rotatable bonds is 4. The monoisotopic (exact) mass is 564 g/mol. The molecule has 0 amide bonds. The topological polar surface area (TPSA) is 24.7 Å². The van der Waals surface area contributed by atoms with E-state index < -0.39 is 0 Å². The molecule has 0 saturated carbocycles. The molecule has 0 spiro atoms. The van der Waals surface area contributed by atoms with Crippen molar-refractivity contribution in [3.63, 3.8) is 0 Å². The van der Waals surface area contributed by atoms with Gasteiger partial charge in [-0.1, -0.05) is 128 Å². The minimum atomic E-state index is -0.204. The highest BCUT2D eigenvalue weighted by Gasteiger charge is 2.21. The molecule has 8 rings (SSSR count). The summed E-state index contributed by atoms with van der Waals surface area (Å²) in [5.74, 6) is 7.35. The van der Waals surface area contributed by atoms with E-state index in [2.05, 4.69) is 134 Å². The molecule has 0 saturated heterocycles. The predicted octanol–water partition coefficient (Wildman–Crippen LogP) is 10.5. The Morgan fingerprint density at radius 2 is 1.27 bits per heavy atom. The van der Waals surface area contributed by atoms with Gasteiger partial charge in [0.2, 0.25) is 0 Å². The Bertz CT molecular complexity index is 2190. The zero-order valence-corrected chi connectivity index (χ0v) is 24.8. The van der Waals surface area contributed by atoms with Crippen molar-refractivity contribution in [1.82, 2.24) is 0 Å². The molecule has 44 heavy (non-hydrogen) atoms. The summed E-state index contributed by atoms with van der Waals surface area (Å²) in [6.07, 6.45) is 4.44. The third kappa shape index (κ3) is 4.62. The van der Waals surface area contributed by atoms with Gasteiger partial charge in [0.25, 0.3) is 0 Å². The van der Waals surface area contributed by atoms with Crippen LogP contribution in [0.3, 0.4) is 0 Å². The zero-order chi connectivity index (χ0) is 29.5. The summed E-state index contributed by atoms with van der Waals surface area (Å²) in [6.45, 7) is 2.31. The maximum absolute atomic E-state index is 5.15. The van der Waals surface area contributed by atoms with E-state index >= 15 is 0 Å². The summed E-state index contributed by atoms with van der Waals surface area (Å²) >= 11 is 0. The van der Waals surface area contributed by atoms with E-state index in [4.69, 9.17) is 9.98 Å². The number of aliphatic imine (C=N–C) groups is 2. The van der Waals surface area contributed by atoms with Gasteiger partial charge in [-0.2, -0.15) is 0 Å². The second kappa shape index (κ2) is 11.1. The van der Waals surface area contributed by atoms with E-state index in [0.717, 1.165) is 47.2 Å². The Hall–Kier alpha value is -5.26. The van der Waals surface area contributed by atoms with Crippen LogP contribution < -0.4 is 0 Å². The average molecular weight is 565 g/mol. The Kier molecular flexibility index (Phi) is 6.65. The van der Waals surface area contributed by atoms with E-state index in [-0.39, 0.29) is 6.17 Å². The molecule has 2 aliphatic rings. The smallest absolute Gasteiger partial charge is 0.164 e. The first-order valence-corrected chi connectivity index (χ1v) is 15.6. The van der Waals surface area contributed by atoms with Crippen molar-refractivity contribution in [2.75, 3.05) is 0 Å². The molecule has 6 aromatic carbocycles. The third-order valence-electron chi connectivity index (χ3n) is 9.06. The normalized spacial score (nSPS) is 18.2. The molecule has 0 bridgehead atoms. The van der Waals surface area contributed by atoms with Gasteiger partial charge in [0.1, 0.15) is 0 Å². The van der Waals surface area contributed by atoms with Crippen molar-refractivity contribution in [1.29, 1.82) is 0 Å².